The molecule has 0 aliphatic carbocycles. The number of hydrogen-bond donors (Lipinski definition) is 2. The maximum absolute atomic E-state index is 9.17. The summed E-state index contributed by atoms with van der Waals surface area (Å²) in [6.07, 6.45) is 0. The Kier molecular flexibility index (Phi) is 5.48. The lowest BCUT2D eigenvalue weighted by Crippen LogP contribution is -1.86. The molecule has 1 rings (SSSR count). The van der Waals surface area contributed by atoms with Gasteiger partial charge < -0.3 is 19.7 Å². The minimum atomic E-state index is 0.00458. The Balaban J connectivity index is 0.000000500. The molecular formula is C10H16O4. The number of benzene rings is 1. The highest BCUT2D eigenvalue weighted by molar-refractivity contribution is 5.48. The molecule has 0 aliphatic rings. The number of rotatable bonds is 1. The number of ether oxygens (including phenoxy) is 2. The molecule has 0 radical (unpaired) electrons. The van der Waals surface area contributed by atoms with Crippen LogP contribution in [0.4, 0.5) is 0 Å². The fourth-order valence-corrected chi connectivity index (χ4v) is 0.871. The molecule has 0 aliphatic heterocycles. The SMILES string of the molecule is COC.COc1cc(O)cc(O)c1C. The van der Waals surface area contributed by atoms with Crippen molar-refractivity contribution in [1.29, 1.82) is 0 Å². The van der Waals surface area contributed by atoms with Gasteiger partial charge >= 0.3 is 0 Å². The van der Waals surface area contributed by atoms with Crippen LogP contribution < -0.4 is 4.74 Å². The van der Waals surface area contributed by atoms with Gasteiger partial charge in [0.05, 0.1) is 7.11 Å². The molecule has 0 heterocycles. The molecule has 14 heavy (non-hydrogen) atoms. The van der Waals surface area contributed by atoms with Crippen molar-refractivity contribution in [2.45, 2.75) is 6.92 Å². The number of phenols is 2. The standard InChI is InChI=1S/C8H10O3.C2H6O/c1-5-7(10)3-6(9)4-8(5)11-2;1-3-2/h3-4,9-10H,1-2H3;1-2H3. The zero-order valence-corrected chi connectivity index (χ0v) is 8.87. The largest absolute Gasteiger partial charge is 0.508 e. The smallest absolute Gasteiger partial charge is 0.129 e. The summed E-state index contributed by atoms with van der Waals surface area (Å²) < 4.78 is 9.14. The summed E-state index contributed by atoms with van der Waals surface area (Å²) in [4.78, 5) is 0. The van der Waals surface area contributed by atoms with Gasteiger partial charge in [-0.2, -0.15) is 0 Å². The van der Waals surface area contributed by atoms with E-state index in [-0.39, 0.29) is 11.5 Å². The second-order valence-electron chi connectivity index (χ2n) is 2.70. The molecule has 0 fully saturated rings. The van der Waals surface area contributed by atoms with Crippen LogP contribution in [0, 0.1) is 6.92 Å². The van der Waals surface area contributed by atoms with E-state index >= 15 is 0 Å². The molecule has 0 saturated heterocycles. The van der Waals surface area contributed by atoms with Gasteiger partial charge in [-0.1, -0.05) is 0 Å². The first-order valence-corrected chi connectivity index (χ1v) is 4.03. The van der Waals surface area contributed by atoms with E-state index in [1.165, 1.54) is 19.2 Å². The van der Waals surface area contributed by atoms with Gasteiger partial charge in [0.15, 0.2) is 0 Å². The van der Waals surface area contributed by atoms with Crippen LogP contribution in [0.2, 0.25) is 0 Å². The summed E-state index contributed by atoms with van der Waals surface area (Å²) in [7, 11) is 4.74. The van der Waals surface area contributed by atoms with Crippen molar-refractivity contribution >= 4 is 0 Å². The minimum absolute atomic E-state index is 0.00458. The third-order valence-corrected chi connectivity index (χ3v) is 1.54. The Morgan fingerprint density at radius 3 is 2.00 bits per heavy atom. The molecule has 80 valence electrons. The Labute approximate surface area is 83.7 Å². The number of aromatic hydroxyl groups is 2. The summed E-state index contributed by atoms with van der Waals surface area (Å²) in [6, 6.07) is 2.73. The van der Waals surface area contributed by atoms with E-state index in [1.54, 1.807) is 21.1 Å². The van der Waals surface area contributed by atoms with E-state index in [9.17, 15) is 5.11 Å². The third kappa shape index (κ3) is 3.53. The van der Waals surface area contributed by atoms with Gasteiger partial charge in [-0.05, 0) is 6.92 Å². The average Bonchev–Trinajstić information content (AvgIpc) is 2.12. The zero-order valence-electron chi connectivity index (χ0n) is 8.87. The topological polar surface area (TPSA) is 58.9 Å². The number of hydrogen-bond acceptors (Lipinski definition) is 4. The Hall–Kier alpha value is -1.42. The molecule has 0 spiro atoms. The first kappa shape index (κ1) is 12.6. The Bertz CT molecular complexity index is 284. The predicted molar refractivity (Wildman–Crippen MR) is 54.0 cm³/mol. The maximum atomic E-state index is 9.17. The average molecular weight is 200 g/mol. The Morgan fingerprint density at radius 2 is 1.57 bits per heavy atom. The van der Waals surface area contributed by atoms with Crippen LogP contribution in [0.15, 0.2) is 12.1 Å². The van der Waals surface area contributed by atoms with Gasteiger partial charge in [-0.3, -0.25) is 0 Å². The van der Waals surface area contributed by atoms with Crippen molar-refractivity contribution in [3.63, 3.8) is 0 Å². The summed E-state index contributed by atoms with van der Waals surface area (Å²) in [5, 5.41) is 18.2. The van der Waals surface area contributed by atoms with Gasteiger partial charge in [0.25, 0.3) is 0 Å². The van der Waals surface area contributed by atoms with Gasteiger partial charge in [0, 0.05) is 31.9 Å². The van der Waals surface area contributed by atoms with E-state index in [0.29, 0.717) is 11.3 Å². The molecule has 0 aromatic heterocycles. The molecular weight excluding hydrogens is 184 g/mol. The summed E-state index contributed by atoms with van der Waals surface area (Å²) in [6.45, 7) is 1.72. The quantitative estimate of drug-likeness (QED) is 0.724. The molecule has 2 N–H and O–H groups in total. The first-order chi connectivity index (χ1) is 6.56. The molecule has 1 aromatic rings. The van der Waals surface area contributed by atoms with E-state index in [1.807, 2.05) is 0 Å². The second-order valence-corrected chi connectivity index (χ2v) is 2.70. The van der Waals surface area contributed by atoms with Crippen molar-refractivity contribution in [1.82, 2.24) is 0 Å². The lowest BCUT2D eigenvalue weighted by atomic mass is 10.2. The van der Waals surface area contributed by atoms with Crippen LogP contribution in [0.5, 0.6) is 17.2 Å². The fraction of sp³-hybridized carbons (Fsp3) is 0.400. The lowest BCUT2D eigenvalue weighted by molar-refractivity contribution is 0.277. The van der Waals surface area contributed by atoms with Crippen molar-refractivity contribution in [2.75, 3.05) is 21.3 Å². The van der Waals surface area contributed by atoms with Crippen LogP contribution in [-0.2, 0) is 4.74 Å². The highest BCUT2D eigenvalue weighted by Gasteiger charge is 2.04. The normalized spacial score (nSPS) is 8.86. The second kappa shape index (κ2) is 6.10. The van der Waals surface area contributed by atoms with Crippen LogP contribution >= 0.6 is 0 Å². The molecule has 0 amide bonds. The molecule has 4 heteroatoms. The Morgan fingerprint density at radius 1 is 1.07 bits per heavy atom. The van der Waals surface area contributed by atoms with Crippen molar-refractivity contribution in [3.05, 3.63) is 17.7 Å². The molecule has 0 bridgehead atoms. The molecule has 4 nitrogen and oxygen atoms in total. The van der Waals surface area contributed by atoms with Gasteiger partial charge in [0.2, 0.25) is 0 Å². The molecule has 0 saturated carbocycles. The summed E-state index contributed by atoms with van der Waals surface area (Å²) >= 11 is 0. The zero-order chi connectivity index (χ0) is 11.1. The third-order valence-electron chi connectivity index (χ3n) is 1.54. The van der Waals surface area contributed by atoms with Crippen molar-refractivity contribution in [2.24, 2.45) is 0 Å². The summed E-state index contributed by atoms with van der Waals surface area (Å²) in [5.74, 6) is 0.536. The maximum Gasteiger partial charge on any atom is 0.129 e. The first-order valence-electron chi connectivity index (χ1n) is 4.03. The summed E-state index contributed by atoms with van der Waals surface area (Å²) in [5.41, 5.74) is 0.630. The van der Waals surface area contributed by atoms with E-state index in [4.69, 9.17) is 9.84 Å². The van der Waals surface area contributed by atoms with Crippen LogP contribution in [0.1, 0.15) is 5.56 Å². The number of methoxy groups -OCH3 is 2. The molecule has 0 atom stereocenters. The van der Waals surface area contributed by atoms with Crippen LogP contribution in [-0.4, -0.2) is 31.5 Å². The molecule has 1 aromatic carbocycles. The van der Waals surface area contributed by atoms with E-state index in [0.717, 1.165) is 0 Å². The van der Waals surface area contributed by atoms with Gasteiger partial charge in [-0.15, -0.1) is 0 Å². The lowest BCUT2D eigenvalue weighted by Gasteiger charge is -2.06. The van der Waals surface area contributed by atoms with E-state index < -0.39 is 0 Å². The fourth-order valence-electron chi connectivity index (χ4n) is 0.871. The number of phenolic OH excluding ortho intramolecular Hbond substituents is 2. The van der Waals surface area contributed by atoms with Crippen molar-refractivity contribution in [3.8, 4) is 17.2 Å². The van der Waals surface area contributed by atoms with Crippen molar-refractivity contribution < 1.29 is 19.7 Å². The van der Waals surface area contributed by atoms with Crippen LogP contribution in [0.25, 0.3) is 0 Å². The van der Waals surface area contributed by atoms with E-state index in [2.05, 4.69) is 4.74 Å². The molecule has 0 unspecified atom stereocenters. The van der Waals surface area contributed by atoms with Crippen LogP contribution in [0.3, 0.4) is 0 Å². The van der Waals surface area contributed by atoms with Gasteiger partial charge in [-0.25, -0.2) is 0 Å². The predicted octanol–water partition coefficient (Wildman–Crippen LogP) is 1.68. The highest BCUT2D eigenvalue weighted by Crippen LogP contribution is 2.31. The monoisotopic (exact) mass is 200 g/mol. The highest BCUT2D eigenvalue weighted by atomic mass is 16.5. The van der Waals surface area contributed by atoms with Gasteiger partial charge in [0.1, 0.15) is 17.2 Å². The minimum Gasteiger partial charge on any atom is -0.508 e.